The predicted molar refractivity (Wildman–Crippen MR) is 123 cm³/mol. The molecule has 0 fully saturated rings. The molecule has 5 heterocycles. The molecule has 0 saturated heterocycles. The Morgan fingerprint density at radius 3 is 2.68 bits per heavy atom. The van der Waals surface area contributed by atoms with Crippen LogP contribution in [0.15, 0.2) is 23.0 Å². The van der Waals surface area contributed by atoms with E-state index in [-0.39, 0.29) is 25.4 Å². The van der Waals surface area contributed by atoms with E-state index in [2.05, 4.69) is 12.2 Å². The SMILES string of the molecule is CCNCCc1c2c(nc3cc4c(cc13)OCO4)-c1cc3c(c(=O)n1C2)COC(=O)[C@]3(O)CC. The molecular weight excluding hydrogens is 438 g/mol. The summed E-state index contributed by atoms with van der Waals surface area (Å²) in [6.07, 6.45) is 0.856. The molecule has 1 aromatic carbocycles. The van der Waals surface area contributed by atoms with E-state index in [1.165, 1.54) is 0 Å². The highest BCUT2D eigenvalue weighted by molar-refractivity contribution is 5.91. The number of carbonyl (C=O) groups is 1. The van der Waals surface area contributed by atoms with E-state index in [4.69, 9.17) is 19.2 Å². The summed E-state index contributed by atoms with van der Waals surface area (Å²) in [5.41, 5.74) is 2.63. The van der Waals surface area contributed by atoms with Crippen LogP contribution in [0.2, 0.25) is 0 Å². The van der Waals surface area contributed by atoms with E-state index in [1.54, 1.807) is 17.6 Å². The highest BCUT2D eigenvalue weighted by atomic mass is 16.7. The van der Waals surface area contributed by atoms with Gasteiger partial charge in [0, 0.05) is 22.6 Å². The molecule has 3 aliphatic heterocycles. The van der Waals surface area contributed by atoms with E-state index in [1.807, 2.05) is 12.1 Å². The lowest BCUT2D eigenvalue weighted by Gasteiger charge is -2.31. The van der Waals surface area contributed by atoms with Crippen molar-refractivity contribution < 1.29 is 24.1 Å². The molecule has 1 atom stereocenters. The van der Waals surface area contributed by atoms with Crippen molar-refractivity contribution in [3.63, 3.8) is 0 Å². The number of fused-ring (bicyclic) bond motifs is 6. The van der Waals surface area contributed by atoms with E-state index in [9.17, 15) is 14.7 Å². The first-order valence-corrected chi connectivity index (χ1v) is 11.6. The number of hydrogen-bond donors (Lipinski definition) is 2. The van der Waals surface area contributed by atoms with Crippen LogP contribution in [0.1, 0.15) is 42.5 Å². The highest BCUT2D eigenvalue weighted by Crippen LogP contribution is 2.43. The maximum atomic E-state index is 13.5. The number of carbonyl (C=O) groups excluding carboxylic acids is 1. The van der Waals surface area contributed by atoms with Crippen molar-refractivity contribution in [2.75, 3.05) is 19.9 Å². The number of hydrogen-bond acceptors (Lipinski definition) is 8. The Hall–Kier alpha value is -3.43. The number of esters is 1. The molecule has 0 amide bonds. The van der Waals surface area contributed by atoms with Crippen LogP contribution in [0.25, 0.3) is 22.3 Å². The fraction of sp³-hybridized carbons (Fsp3) is 0.400. The molecule has 176 valence electrons. The van der Waals surface area contributed by atoms with E-state index >= 15 is 0 Å². The Kier molecular flexibility index (Phi) is 4.69. The lowest BCUT2D eigenvalue weighted by molar-refractivity contribution is -0.172. The van der Waals surface area contributed by atoms with Crippen LogP contribution in [0, 0.1) is 0 Å². The van der Waals surface area contributed by atoms with Gasteiger partial charge in [0.15, 0.2) is 17.1 Å². The Morgan fingerprint density at radius 1 is 1.12 bits per heavy atom. The minimum absolute atomic E-state index is 0.108. The Labute approximate surface area is 195 Å². The average molecular weight is 463 g/mol. The van der Waals surface area contributed by atoms with Gasteiger partial charge in [-0.25, -0.2) is 9.78 Å². The zero-order chi connectivity index (χ0) is 23.6. The standard InChI is InChI=1S/C25H25N3O6/c1-3-25(31)17-8-19-22-15(10-28(19)23(29)16(17)11-32-24(25)30)13(5-6-26-4-2)14-7-20-21(34-12-33-20)9-18(14)27-22/h7-9,26,31H,3-6,10-12H2,1-2H3/t25-/m0/s1. The Bertz CT molecular complexity index is 1430. The van der Waals surface area contributed by atoms with Gasteiger partial charge in [0.2, 0.25) is 6.79 Å². The number of benzene rings is 1. The van der Waals surface area contributed by atoms with Gasteiger partial charge in [0.05, 0.1) is 29.0 Å². The van der Waals surface area contributed by atoms with Gasteiger partial charge in [-0.15, -0.1) is 0 Å². The van der Waals surface area contributed by atoms with Gasteiger partial charge in [0.1, 0.15) is 6.61 Å². The minimum Gasteiger partial charge on any atom is -0.458 e. The van der Waals surface area contributed by atoms with Crippen LogP contribution >= 0.6 is 0 Å². The van der Waals surface area contributed by atoms with Gasteiger partial charge in [-0.3, -0.25) is 4.79 Å². The summed E-state index contributed by atoms with van der Waals surface area (Å²) in [7, 11) is 0. The number of likely N-dealkylation sites (N-methyl/N-ethyl adjacent to an activating group) is 1. The quantitative estimate of drug-likeness (QED) is 0.341. The number of aliphatic hydroxyl groups is 1. The van der Waals surface area contributed by atoms with E-state index in [0.29, 0.717) is 40.6 Å². The first-order valence-electron chi connectivity index (χ1n) is 11.6. The number of ether oxygens (including phenoxy) is 3. The third-order valence-corrected chi connectivity index (χ3v) is 7.10. The van der Waals surface area contributed by atoms with Gasteiger partial charge in [-0.1, -0.05) is 13.8 Å². The van der Waals surface area contributed by atoms with Crippen molar-refractivity contribution in [2.45, 2.75) is 45.4 Å². The molecule has 9 nitrogen and oxygen atoms in total. The highest BCUT2D eigenvalue weighted by Gasteiger charge is 2.45. The van der Waals surface area contributed by atoms with Gasteiger partial charge in [-0.2, -0.15) is 0 Å². The van der Waals surface area contributed by atoms with Crippen LogP contribution in [-0.2, 0) is 34.7 Å². The number of pyridine rings is 2. The molecule has 0 spiro atoms. The summed E-state index contributed by atoms with van der Waals surface area (Å²) < 4.78 is 18.0. The third-order valence-electron chi connectivity index (χ3n) is 7.10. The van der Waals surface area contributed by atoms with Crippen molar-refractivity contribution in [3.8, 4) is 22.9 Å². The Morgan fingerprint density at radius 2 is 1.91 bits per heavy atom. The van der Waals surface area contributed by atoms with Gasteiger partial charge < -0.3 is 29.2 Å². The summed E-state index contributed by atoms with van der Waals surface area (Å²) in [4.78, 5) is 30.8. The van der Waals surface area contributed by atoms with E-state index < -0.39 is 11.6 Å². The predicted octanol–water partition coefficient (Wildman–Crippen LogP) is 1.96. The number of nitrogens with one attached hydrogen (secondary N) is 1. The number of nitrogens with zero attached hydrogens (tertiary/aromatic N) is 2. The Balaban J connectivity index is 1.60. The topological polar surface area (TPSA) is 112 Å². The summed E-state index contributed by atoms with van der Waals surface area (Å²) in [5.74, 6) is 0.600. The monoisotopic (exact) mass is 463 g/mol. The van der Waals surface area contributed by atoms with Crippen molar-refractivity contribution in [1.29, 1.82) is 0 Å². The second kappa shape index (κ2) is 7.54. The molecule has 3 aromatic rings. The molecule has 0 aliphatic carbocycles. The molecule has 3 aliphatic rings. The molecule has 6 rings (SSSR count). The summed E-state index contributed by atoms with van der Waals surface area (Å²) >= 11 is 0. The van der Waals surface area contributed by atoms with Crippen LogP contribution in [0.4, 0.5) is 0 Å². The first-order chi connectivity index (χ1) is 16.5. The van der Waals surface area contributed by atoms with E-state index in [0.717, 1.165) is 41.5 Å². The molecule has 2 N–H and O–H groups in total. The molecule has 0 radical (unpaired) electrons. The summed E-state index contributed by atoms with van der Waals surface area (Å²) in [6, 6.07) is 5.57. The zero-order valence-corrected chi connectivity index (χ0v) is 19.1. The lowest BCUT2D eigenvalue weighted by Crippen LogP contribution is -2.44. The fourth-order valence-corrected chi connectivity index (χ4v) is 5.23. The van der Waals surface area contributed by atoms with Crippen LogP contribution in [0.5, 0.6) is 11.5 Å². The second-order valence-corrected chi connectivity index (χ2v) is 8.85. The van der Waals surface area contributed by atoms with Crippen molar-refractivity contribution in [2.24, 2.45) is 0 Å². The normalized spacial score (nSPS) is 19.7. The minimum atomic E-state index is -1.85. The van der Waals surface area contributed by atoms with Crippen molar-refractivity contribution in [1.82, 2.24) is 14.9 Å². The van der Waals surface area contributed by atoms with Gasteiger partial charge >= 0.3 is 5.97 Å². The van der Waals surface area contributed by atoms with Crippen LogP contribution in [0.3, 0.4) is 0 Å². The fourth-order valence-electron chi connectivity index (χ4n) is 5.23. The maximum Gasteiger partial charge on any atom is 0.343 e. The smallest absolute Gasteiger partial charge is 0.343 e. The zero-order valence-electron chi connectivity index (χ0n) is 19.1. The summed E-state index contributed by atoms with van der Waals surface area (Å²) in [6.45, 7) is 5.79. The van der Waals surface area contributed by atoms with Crippen LogP contribution in [-0.4, -0.2) is 40.5 Å². The second-order valence-electron chi connectivity index (χ2n) is 8.85. The van der Waals surface area contributed by atoms with Gasteiger partial charge in [-0.05, 0) is 43.6 Å². The molecular formula is C25H25N3O6. The number of cyclic esters (lactones) is 1. The van der Waals surface area contributed by atoms with Crippen LogP contribution < -0.4 is 20.3 Å². The molecule has 34 heavy (non-hydrogen) atoms. The molecule has 0 bridgehead atoms. The summed E-state index contributed by atoms with van der Waals surface area (Å²) in [5, 5.41) is 15.4. The number of rotatable bonds is 5. The molecule has 2 aromatic heterocycles. The molecule has 0 unspecified atom stereocenters. The lowest BCUT2D eigenvalue weighted by atomic mass is 9.86. The molecule has 0 saturated carbocycles. The number of aromatic nitrogens is 2. The molecule has 9 heteroatoms. The maximum absolute atomic E-state index is 13.5. The average Bonchev–Trinajstić information content (AvgIpc) is 3.44. The largest absolute Gasteiger partial charge is 0.458 e. The van der Waals surface area contributed by atoms with Crippen molar-refractivity contribution in [3.05, 3.63) is 50.8 Å². The first kappa shape index (κ1) is 21.1. The third kappa shape index (κ3) is 2.83. The van der Waals surface area contributed by atoms with Crippen molar-refractivity contribution >= 4 is 16.9 Å². The van der Waals surface area contributed by atoms with Gasteiger partial charge in [0.25, 0.3) is 5.56 Å².